The highest BCUT2D eigenvalue weighted by Gasteiger charge is 2.29. The van der Waals surface area contributed by atoms with Crippen molar-refractivity contribution >= 4 is 18.2 Å². The molecule has 0 radical (unpaired) electrons. The molecule has 3 heterocycles. The van der Waals surface area contributed by atoms with Crippen LogP contribution in [-0.2, 0) is 0 Å². The number of anilines is 1. The van der Waals surface area contributed by atoms with Gasteiger partial charge in [0.25, 0.3) is 0 Å². The molecule has 2 saturated heterocycles. The molecule has 24 heavy (non-hydrogen) atoms. The van der Waals surface area contributed by atoms with Crippen molar-refractivity contribution in [3.63, 3.8) is 0 Å². The minimum Gasteiger partial charge on any atom is -0.357 e. The molecule has 0 bridgehead atoms. The fourth-order valence-corrected chi connectivity index (χ4v) is 4.12. The van der Waals surface area contributed by atoms with E-state index in [-0.39, 0.29) is 12.4 Å². The lowest BCUT2D eigenvalue weighted by molar-refractivity contribution is 0.124. The summed E-state index contributed by atoms with van der Waals surface area (Å²) in [6, 6.07) is 7.79. The van der Waals surface area contributed by atoms with Crippen molar-refractivity contribution in [2.45, 2.75) is 50.6 Å². The van der Waals surface area contributed by atoms with Gasteiger partial charge in [0.2, 0.25) is 0 Å². The Balaban J connectivity index is 0.00000169. The summed E-state index contributed by atoms with van der Waals surface area (Å²) in [4.78, 5) is 9.69. The maximum Gasteiger partial charge on any atom is 0.128 e. The zero-order chi connectivity index (χ0) is 15.5. The highest BCUT2D eigenvalue weighted by atomic mass is 35.5. The van der Waals surface area contributed by atoms with Crippen LogP contribution >= 0.6 is 12.4 Å². The quantitative estimate of drug-likeness (QED) is 0.884. The monoisotopic (exact) mass is 350 g/mol. The number of rotatable bonds is 5. The molecular weight excluding hydrogens is 320 g/mol. The highest BCUT2D eigenvalue weighted by molar-refractivity contribution is 5.85. The highest BCUT2D eigenvalue weighted by Crippen LogP contribution is 2.28. The number of halogens is 1. The molecule has 1 aliphatic carbocycles. The number of piperidine rings is 2. The van der Waals surface area contributed by atoms with Gasteiger partial charge >= 0.3 is 0 Å². The van der Waals surface area contributed by atoms with Crippen molar-refractivity contribution in [3.05, 3.63) is 24.4 Å². The molecule has 0 amide bonds. The number of hydrogen-bond acceptors (Lipinski definition) is 4. The van der Waals surface area contributed by atoms with E-state index >= 15 is 0 Å². The van der Waals surface area contributed by atoms with Crippen LogP contribution in [0.1, 0.15) is 38.5 Å². The van der Waals surface area contributed by atoms with Crippen molar-refractivity contribution in [1.29, 1.82) is 0 Å². The van der Waals surface area contributed by atoms with Crippen LogP contribution in [0.3, 0.4) is 0 Å². The van der Waals surface area contributed by atoms with Gasteiger partial charge in [-0.1, -0.05) is 6.07 Å². The zero-order valence-corrected chi connectivity index (χ0v) is 15.4. The minimum absolute atomic E-state index is 0. The molecule has 4 rings (SSSR count). The van der Waals surface area contributed by atoms with Crippen LogP contribution in [0.5, 0.6) is 0 Å². The Kier molecular flexibility index (Phi) is 6.37. The summed E-state index contributed by atoms with van der Waals surface area (Å²) >= 11 is 0. The summed E-state index contributed by atoms with van der Waals surface area (Å²) in [7, 11) is 0. The second-order valence-electron chi connectivity index (χ2n) is 7.57. The Hall–Kier alpha value is -0.840. The van der Waals surface area contributed by atoms with Gasteiger partial charge in [-0.05, 0) is 76.2 Å². The third-order valence-corrected chi connectivity index (χ3v) is 5.88. The van der Waals surface area contributed by atoms with Crippen molar-refractivity contribution in [1.82, 2.24) is 15.2 Å². The van der Waals surface area contributed by atoms with Crippen molar-refractivity contribution in [2.24, 2.45) is 5.92 Å². The van der Waals surface area contributed by atoms with E-state index in [9.17, 15) is 0 Å². The SMILES string of the molecule is Cl.c1ccc(N2CCC(N3CCC(NCC4CC4)CC3)CC2)nc1. The van der Waals surface area contributed by atoms with E-state index in [2.05, 4.69) is 32.2 Å². The molecule has 0 atom stereocenters. The summed E-state index contributed by atoms with van der Waals surface area (Å²) in [5, 5.41) is 3.79. The molecule has 134 valence electrons. The van der Waals surface area contributed by atoms with Crippen molar-refractivity contribution in [2.75, 3.05) is 37.6 Å². The number of likely N-dealkylation sites (tertiary alicyclic amines) is 1. The maximum atomic E-state index is 4.49. The summed E-state index contributed by atoms with van der Waals surface area (Å²) < 4.78 is 0. The standard InChI is InChI=1S/C19H30N4.ClH/c1-2-10-20-19(3-1)23-13-8-18(9-14-23)22-11-6-17(7-12-22)21-15-16-4-5-16;/h1-3,10,16-18,21H,4-9,11-15H2;1H. The zero-order valence-electron chi connectivity index (χ0n) is 14.6. The molecule has 4 nitrogen and oxygen atoms in total. The third-order valence-electron chi connectivity index (χ3n) is 5.88. The first-order chi connectivity index (χ1) is 11.4. The first kappa shape index (κ1) is 18.0. The fourth-order valence-electron chi connectivity index (χ4n) is 4.12. The van der Waals surface area contributed by atoms with Crippen LogP contribution in [-0.4, -0.2) is 54.7 Å². The summed E-state index contributed by atoms with van der Waals surface area (Å²) in [5.41, 5.74) is 0. The lowest BCUT2D eigenvalue weighted by atomic mass is 9.97. The molecule has 3 fully saturated rings. The van der Waals surface area contributed by atoms with Gasteiger partial charge in [0, 0.05) is 31.4 Å². The maximum absolute atomic E-state index is 4.49. The molecule has 3 aliphatic rings. The number of nitrogens with one attached hydrogen (secondary N) is 1. The Morgan fingerprint density at radius 1 is 0.958 bits per heavy atom. The van der Waals surface area contributed by atoms with E-state index < -0.39 is 0 Å². The van der Waals surface area contributed by atoms with Gasteiger partial charge in [0.1, 0.15) is 5.82 Å². The van der Waals surface area contributed by atoms with Crippen LogP contribution in [0.4, 0.5) is 5.82 Å². The predicted molar refractivity (Wildman–Crippen MR) is 102 cm³/mol. The number of pyridine rings is 1. The lowest BCUT2D eigenvalue weighted by Gasteiger charge is -2.42. The minimum atomic E-state index is 0. The molecule has 0 spiro atoms. The van der Waals surface area contributed by atoms with Crippen LogP contribution in [0.15, 0.2) is 24.4 Å². The van der Waals surface area contributed by atoms with Gasteiger partial charge in [-0.25, -0.2) is 4.98 Å². The van der Waals surface area contributed by atoms with Gasteiger partial charge in [-0.2, -0.15) is 0 Å². The van der Waals surface area contributed by atoms with Crippen LogP contribution in [0, 0.1) is 5.92 Å². The third kappa shape index (κ3) is 4.62. The Labute approximate surface area is 152 Å². The van der Waals surface area contributed by atoms with Gasteiger partial charge in [0.05, 0.1) is 0 Å². The number of nitrogens with zero attached hydrogens (tertiary/aromatic N) is 3. The first-order valence-corrected chi connectivity index (χ1v) is 9.52. The summed E-state index contributed by atoms with van der Waals surface area (Å²) in [6.45, 7) is 6.16. The molecular formula is C19H31ClN4. The Morgan fingerprint density at radius 2 is 1.71 bits per heavy atom. The van der Waals surface area contributed by atoms with Gasteiger partial charge in [0.15, 0.2) is 0 Å². The van der Waals surface area contributed by atoms with E-state index in [0.29, 0.717) is 0 Å². The first-order valence-electron chi connectivity index (χ1n) is 9.52. The van der Waals surface area contributed by atoms with Gasteiger partial charge in [-0.15, -0.1) is 12.4 Å². The van der Waals surface area contributed by atoms with E-state index in [1.54, 1.807) is 0 Å². The molecule has 0 aromatic carbocycles. The van der Waals surface area contributed by atoms with Crippen LogP contribution < -0.4 is 10.2 Å². The largest absolute Gasteiger partial charge is 0.357 e. The molecule has 1 N–H and O–H groups in total. The second kappa shape index (κ2) is 8.50. The predicted octanol–water partition coefficient (Wildman–Crippen LogP) is 2.94. The second-order valence-corrected chi connectivity index (χ2v) is 7.57. The van der Waals surface area contributed by atoms with Crippen molar-refractivity contribution in [3.8, 4) is 0 Å². The molecule has 2 aliphatic heterocycles. The van der Waals surface area contributed by atoms with Gasteiger partial charge in [-0.3, -0.25) is 0 Å². The van der Waals surface area contributed by atoms with E-state index in [0.717, 1.165) is 36.9 Å². The normalized spacial score (nSPS) is 23.9. The van der Waals surface area contributed by atoms with E-state index in [1.165, 1.54) is 58.2 Å². The molecule has 1 aromatic heterocycles. The fraction of sp³-hybridized carbons (Fsp3) is 0.737. The smallest absolute Gasteiger partial charge is 0.128 e. The van der Waals surface area contributed by atoms with Crippen LogP contribution in [0.2, 0.25) is 0 Å². The topological polar surface area (TPSA) is 31.4 Å². The van der Waals surface area contributed by atoms with E-state index in [4.69, 9.17) is 0 Å². The number of aromatic nitrogens is 1. The Bertz CT molecular complexity index is 477. The van der Waals surface area contributed by atoms with Crippen LogP contribution in [0.25, 0.3) is 0 Å². The summed E-state index contributed by atoms with van der Waals surface area (Å²) in [5.74, 6) is 2.15. The molecule has 1 aromatic rings. The lowest BCUT2D eigenvalue weighted by Crippen LogP contribution is -2.50. The average molecular weight is 351 g/mol. The molecule has 0 unspecified atom stereocenters. The summed E-state index contributed by atoms with van der Waals surface area (Å²) in [6.07, 6.45) is 10.1. The van der Waals surface area contributed by atoms with Crippen molar-refractivity contribution < 1.29 is 0 Å². The average Bonchev–Trinajstić information content (AvgIpc) is 3.46. The Morgan fingerprint density at radius 3 is 2.33 bits per heavy atom. The number of hydrogen-bond donors (Lipinski definition) is 1. The molecule has 1 saturated carbocycles. The van der Waals surface area contributed by atoms with E-state index in [1.807, 2.05) is 12.3 Å². The molecule has 5 heteroatoms. The van der Waals surface area contributed by atoms with Gasteiger partial charge < -0.3 is 15.1 Å².